The molecular weight excluding hydrogens is 415 g/mol. The van der Waals surface area contributed by atoms with Gasteiger partial charge in [0.25, 0.3) is 0 Å². The first-order chi connectivity index (χ1) is 15.1. The monoisotopic (exact) mass is 442 g/mol. The Morgan fingerprint density at radius 2 is 1.84 bits per heavy atom. The maximum Gasteiger partial charge on any atom is 0.227 e. The second kappa shape index (κ2) is 8.57. The quantitative estimate of drug-likeness (QED) is 0.788. The van der Waals surface area contributed by atoms with Crippen molar-refractivity contribution >= 4 is 34.0 Å². The van der Waals surface area contributed by atoms with Gasteiger partial charge in [0.05, 0.1) is 11.4 Å². The summed E-state index contributed by atoms with van der Waals surface area (Å²) in [6, 6.07) is 6.26. The number of carbonyl (C=O) groups is 2. The van der Waals surface area contributed by atoms with Gasteiger partial charge >= 0.3 is 0 Å². The van der Waals surface area contributed by atoms with E-state index in [0.717, 1.165) is 67.6 Å². The van der Waals surface area contributed by atoms with Crippen LogP contribution in [0.5, 0.6) is 0 Å². The van der Waals surface area contributed by atoms with E-state index in [9.17, 15) is 14.0 Å². The lowest BCUT2D eigenvalue weighted by molar-refractivity contribution is -0.138. The number of aromatic nitrogens is 1. The van der Waals surface area contributed by atoms with E-state index < -0.39 is 5.82 Å². The van der Waals surface area contributed by atoms with E-state index in [0.29, 0.717) is 12.3 Å². The smallest absolute Gasteiger partial charge is 0.227 e. The van der Waals surface area contributed by atoms with Crippen molar-refractivity contribution in [2.45, 2.75) is 38.5 Å². The molecule has 1 aliphatic heterocycles. The number of para-hydroxylation sites is 1. The number of thiazole rings is 1. The van der Waals surface area contributed by atoms with E-state index in [1.54, 1.807) is 29.5 Å². The summed E-state index contributed by atoms with van der Waals surface area (Å²) in [4.78, 5) is 35.4. The van der Waals surface area contributed by atoms with E-state index in [1.165, 1.54) is 12.5 Å². The van der Waals surface area contributed by atoms with Crippen molar-refractivity contribution in [1.29, 1.82) is 0 Å². The van der Waals surface area contributed by atoms with Gasteiger partial charge in [0.15, 0.2) is 5.13 Å². The van der Waals surface area contributed by atoms with Crippen molar-refractivity contribution in [3.05, 3.63) is 40.7 Å². The molecule has 2 fully saturated rings. The Balaban J connectivity index is 1.19. The molecule has 3 aliphatic rings. The van der Waals surface area contributed by atoms with E-state index in [1.807, 2.05) is 4.90 Å². The summed E-state index contributed by atoms with van der Waals surface area (Å²) in [6.07, 6.45) is 5.41. The number of benzene rings is 1. The average Bonchev–Trinajstić information content (AvgIpc) is 3.17. The summed E-state index contributed by atoms with van der Waals surface area (Å²) in [7, 11) is 0. The first-order valence-electron chi connectivity index (χ1n) is 11.2. The summed E-state index contributed by atoms with van der Waals surface area (Å²) in [6.45, 7) is 3.13. The molecule has 8 heteroatoms. The molecule has 164 valence electrons. The van der Waals surface area contributed by atoms with Crippen molar-refractivity contribution in [2.75, 3.05) is 36.4 Å². The summed E-state index contributed by atoms with van der Waals surface area (Å²) < 4.78 is 13.9. The third kappa shape index (κ3) is 4.18. The standard InChI is InChI=1S/C23H27FN4O2S/c24-17-6-1-2-7-18(17)25-21(29)16-8-9-19-20(14-16)31-23(26-19)28-12-10-27(11-13-28)22(30)15-4-3-5-15/h1-2,6-7,15-16H,3-5,8-14H2,(H,25,29). The highest BCUT2D eigenvalue weighted by molar-refractivity contribution is 7.15. The van der Waals surface area contributed by atoms with Crippen molar-refractivity contribution in [2.24, 2.45) is 11.8 Å². The van der Waals surface area contributed by atoms with Crippen LogP contribution in [0.2, 0.25) is 0 Å². The molecule has 1 unspecified atom stereocenters. The molecule has 1 N–H and O–H groups in total. The topological polar surface area (TPSA) is 65.5 Å². The molecule has 1 aromatic carbocycles. The van der Waals surface area contributed by atoms with Gasteiger partial charge in [-0.3, -0.25) is 9.59 Å². The SMILES string of the molecule is O=C(Nc1ccccc1F)C1CCc2nc(N3CCN(C(=O)C4CCC4)CC3)sc2C1. The summed E-state index contributed by atoms with van der Waals surface area (Å²) >= 11 is 1.66. The van der Waals surface area contributed by atoms with Crippen LogP contribution in [-0.4, -0.2) is 47.9 Å². The molecule has 1 atom stereocenters. The number of piperazine rings is 1. The molecule has 2 heterocycles. The Kier molecular flexibility index (Phi) is 5.65. The molecule has 1 saturated heterocycles. The van der Waals surface area contributed by atoms with Gasteiger partial charge in [-0.1, -0.05) is 18.6 Å². The Bertz CT molecular complexity index is 982. The molecule has 0 spiro atoms. The minimum Gasteiger partial charge on any atom is -0.345 e. The number of carbonyl (C=O) groups excluding carboxylic acids is 2. The van der Waals surface area contributed by atoms with Crippen LogP contribution in [0.1, 0.15) is 36.3 Å². The maximum absolute atomic E-state index is 13.9. The van der Waals surface area contributed by atoms with Crippen molar-refractivity contribution in [1.82, 2.24) is 9.88 Å². The molecule has 6 nitrogen and oxygen atoms in total. The minimum absolute atomic E-state index is 0.131. The summed E-state index contributed by atoms with van der Waals surface area (Å²) in [5, 5.41) is 3.73. The van der Waals surface area contributed by atoms with Gasteiger partial charge in [-0.15, -0.1) is 11.3 Å². The fraction of sp³-hybridized carbons (Fsp3) is 0.522. The fourth-order valence-corrected chi connectivity index (χ4v) is 5.79. The maximum atomic E-state index is 13.9. The predicted molar refractivity (Wildman–Crippen MR) is 119 cm³/mol. The van der Waals surface area contributed by atoms with Crippen LogP contribution >= 0.6 is 11.3 Å². The summed E-state index contributed by atoms with van der Waals surface area (Å²) in [5.41, 5.74) is 1.32. The average molecular weight is 443 g/mol. The Morgan fingerprint density at radius 1 is 1.06 bits per heavy atom. The van der Waals surface area contributed by atoms with Gasteiger partial charge in [0, 0.05) is 42.9 Å². The van der Waals surface area contributed by atoms with Gasteiger partial charge in [-0.25, -0.2) is 9.37 Å². The molecule has 2 aliphatic carbocycles. The molecule has 31 heavy (non-hydrogen) atoms. The Labute approximate surface area is 185 Å². The zero-order valence-electron chi connectivity index (χ0n) is 17.5. The number of nitrogens with zero attached hydrogens (tertiary/aromatic N) is 3. The number of anilines is 2. The molecule has 1 aromatic heterocycles. The first kappa shape index (κ1) is 20.4. The Morgan fingerprint density at radius 3 is 2.55 bits per heavy atom. The van der Waals surface area contributed by atoms with Crippen LogP contribution < -0.4 is 10.2 Å². The lowest BCUT2D eigenvalue weighted by Gasteiger charge is -2.38. The van der Waals surface area contributed by atoms with E-state index in [4.69, 9.17) is 4.98 Å². The molecule has 2 amide bonds. The van der Waals surface area contributed by atoms with E-state index >= 15 is 0 Å². The number of amides is 2. The van der Waals surface area contributed by atoms with Crippen LogP contribution in [0.15, 0.2) is 24.3 Å². The van der Waals surface area contributed by atoms with Crippen LogP contribution in [0.25, 0.3) is 0 Å². The zero-order valence-corrected chi connectivity index (χ0v) is 18.3. The van der Waals surface area contributed by atoms with E-state index in [-0.39, 0.29) is 23.4 Å². The highest BCUT2D eigenvalue weighted by Gasteiger charge is 2.33. The highest BCUT2D eigenvalue weighted by Crippen LogP contribution is 2.35. The third-order valence-electron chi connectivity index (χ3n) is 6.75. The highest BCUT2D eigenvalue weighted by atomic mass is 32.1. The molecule has 2 aromatic rings. The number of nitrogens with one attached hydrogen (secondary N) is 1. The molecular formula is C23H27FN4O2S. The normalized spacial score (nSPS) is 21.4. The van der Waals surface area contributed by atoms with Gasteiger partial charge in [-0.05, 0) is 44.2 Å². The van der Waals surface area contributed by atoms with Gasteiger partial charge < -0.3 is 15.1 Å². The van der Waals surface area contributed by atoms with Crippen molar-refractivity contribution in [3.63, 3.8) is 0 Å². The largest absolute Gasteiger partial charge is 0.345 e. The lowest BCUT2D eigenvalue weighted by Crippen LogP contribution is -2.51. The number of fused-ring (bicyclic) bond motifs is 1. The van der Waals surface area contributed by atoms with Crippen molar-refractivity contribution in [3.8, 4) is 0 Å². The van der Waals surface area contributed by atoms with Crippen LogP contribution in [0.3, 0.4) is 0 Å². The second-order valence-electron chi connectivity index (χ2n) is 8.72. The predicted octanol–water partition coefficient (Wildman–Crippen LogP) is 3.47. The van der Waals surface area contributed by atoms with Gasteiger partial charge in [0.2, 0.25) is 11.8 Å². The molecule has 1 saturated carbocycles. The van der Waals surface area contributed by atoms with Crippen molar-refractivity contribution < 1.29 is 14.0 Å². The number of halogens is 1. The number of hydrogen-bond donors (Lipinski definition) is 1. The van der Waals surface area contributed by atoms with Crippen LogP contribution in [0.4, 0.5) is 15.2 Å². The molecule has 5 rings (SSSR count). The Hall–Kier alpha value is -2.48. The molecule has 0 radical (unpaired) electrons. The first-order valence-corrected chi connectivity index (χ1v) is 12.0. The van der Waals surface area contributed by atoms with Gasteiger partial charge in [-0.2, -0.15) is 0 Å². The third-order valence-corrected chi connectivity index (χ3v) is 7.93. The zero-order chi connectivity index (χ0) is 21.4. The summed E-state index contributed by atoms with van der Waals surface area (Å²) in [5.74, 6) is -0.132. The van der Waals surface area contributed by atoms with Gasteiger partial charge in [0.1, 0.15) is 5.82 Å². The minimum atomic E-state index is -0.414. The fourth-order valence-electron chi connectivity index (χ4n) is 4.55. The number of rotatable bonds is 4. The molecule has 0 bridgehead atoms. The van der Waals surface area contributed by atoms with E-state index in [2.05, 4.69) is 10.2 Å². The number of aryl methyl sites for hydroxylation is 1. The number of hydrogen-bond acceptors (Lipinski definition) is 5. The van der Waals surface area contributed by atoms with Crippen LogP contribution in [-0.2, 0) is 22.4 Å². The lowest BCUT2D eigenvalue weighted by atomic mass is 9.84. The second-order valence-corrected chi connectivity index (χ2v) is 9.78. The van der Waals surface area contributed by atoms with Crippen LogP contribution in [0, 0.1) is 17.7 Å².